The minimum atomic E-state index is -0.703. The number of nitrogen functional groups attached to an aromatic ring is 1. The van der Waals surface area contributed by atoms with Crippen molar-refractivity contribution in [1.29, 1.82) is 0 Å². The number of nitroso groups, excluding NO2 is 1. The molecule has 3 aromatic rings. The van der Waals surface area contributed by atoms with Crippen LogP contribution in [0.2, 0.25) is 0 Å². The van der Waals surface area contributed by atoms with Crippen LogP contribution in [-0.4, -0.2) is 46.0 Å². The van der Waals surface area contributed by atoms with Crippen molar-refractivity contribution in [3.63, 3.8) is 0 Å². The predicted octanol–water partition coefficient (Wildman–Crippen LogP) is 4.59. The number of halogens is 2. The molecule has 9 nitrogen and oxygen atoms in total. The fraction of sp³-hybridized carbons (Fsp3) is 0.269. The summed E-state index contributed by atoms with van der Waals surface area (Å²) in [6.07, 6.45) is 4.33. The number of amides is 1. The minimum absolute atomic E-state index is 0.0161. The predicted molar refractivity (Wildman–Crippen MR) is 135 cm³/mol. The molecule has 1 fully saturated rings. The Morgan fingerprint density at radius 3 is 2.73 bits per heavy atom. The second kappa shape index (κ2) is 10.7. The first-order valence-corrected chi connectivity index (χ1v) is 11.6. The first kappa shape index (κ1) is 25.7. The highest BCUT2D eigenvalue weighted by Crippen LogP contribution is 2.40. The fourth-order valence-electron chi connectivity index (χ4n) is 3.87. The van der Waals surface area contributed by atoms with Crippen LogP contribution in [-0.2, 0) is 0 Å². The number of likely N-dealkylation sites (N-methyl/N-ethyl adjacent to an activating group) is 1. The van der Waals surface area contributed by atoms with E-state index >= 15 is 0 Å². The quantitative estimate of drug-likeness (QED) is 0.304. The van der Waals surface area contributed by atoms with E-state index in [4.69, 9.17) is 10.5 Å². The lowest BCUT2D eigenvalue weighted by atomic mass is 10.0. The summed E-state index contributed by atoms with van der Waals surface area (Å²) in [6, 6.07) is 6.93. The molecular weight excluding hydrogens is 482 g/mol. The first-order valence-electron chi connectivity index (χ1n) is 11.6. The van der Waals surface area contributed by atoms with E-state index in [1.54, 1.807) is 20.0 Å². The highest BCUT2D eigenvalue weighted by Gasteiger charge is 2.25. The van der Waals surface area contributed by atoms with Gasteiger partial charge in [-0.1, -0.05) is 6.07 Å². The average Bonchev–Trinajstić information content (AvgIpc) is 3.72. The van der Waals surface area contributed by atoms with E-state index in [1.807, 2.05) is 0 Å². The molecule has 1 aromatic heterocycles. The normalized spacial score (nSPS) is 12.6. The first-order chi connectivity index (χ1) is 17.7. The number of nitrogens with zero attached hydrogens (tertiary/aromatic N) is 4. The van der Waals surface area contributed by atoms with E-state index in [0.29, 0.717) is 21.9 Å². The zero-order valence-electron chi connectivity index (χ0n) is 20.5. The fourth-order valence-corrected chi connectivity index (χ4v) is 3.87. The molecule has 37 heavy (non-hydrogen) atoms. The van der Waals surface area contributed by atoms with Gasteiger partial charge in [0.25, 0.3) is 5.91 Å². The van der Waals surface area contributed by atoms with Gasteiger partial charge in [-0.3, -0.25) is 4.79 Å². The van der Waals surface area contributed by atoms with Gasteiger partial charge >= 0.3 is 0 Å². The molecule has 2 aromatic carbocycles. The Labute approximate surface area is 212 Å². The van der Waals surface area contributed by atoms with Gasteiger partial charge in [-0.25, -0.2) is 18.7 Å². The Kier molecular flexibility index (Phi) is 7.42. The minimum Gasteiger partial charge on any atom is -0.485 e. The lowest BCUT2D eigenvalue weighted by molar-refractivity contribution is -0.647. The van der Waals surface area contributed by atoms with Crippen molar-refractivity contribution in [3.8, 4) is 17.0 Å². The average molecular weight is 510 g/mol. The Morgan fingerprint density at radius 1 is 1.30 bits per heavy atom. The maximum absolute atomic E-state index is 14.7. The molecule has 0 unspecified atom stereocenters. The zero-order valence-corrected chi connectivity index (χ0v) is 20.5. The molecule has 11 heteroatoms. The number of hydrazine groups is 1. The molecule has 1 aliphatic rings. The maximum Gasteiger partial charge on any atom is 0.258 e. The molecule has 0 spiro atoms. The van der Waals surface area contributed by atoms with Gasteiger partial charge in [0.2, 0.25) is 6.20 Å². The van der Waals surface area contributed by atoms with Crippen LogP contribution in [0.15, 0.2) is 49.4 Å². The number of hydrogen-bond acceptors (Lipinski definition) is 6. The molecule has 0 aliphatic heterocycles. The van der Waals surface area contributed by atoms with E-state index in [1.165, 1.54) is 29.5 Å². The van der Waals surface area contributed by atoms with Crippen molar-refractivity contribution < 1.29 is 23.2 Å². The van der Waals surface area contributed by atoms with Gasteiger partial charge in [0.15, 0.2) is 16.4 Å². The van der Waals surface area contributed by atoms with Crippen molar-refractivity contribution in [3.05, 3.63) is 82.7 Å². The van der Waals surface area contributed by atoms with Crippen LogP contribution in [0.4, 0.5) is 20.3 Å². The van der Waals surface area contributed by atoms with Gasteiger partial charge in [0.1, 0.15) is 36.8 Å². The molecule has 0 radical (unpaired) electrons. The Bertz CT molecular complexity index is 1380. The summed E-state index contributed by atoms with van der Waals surface area (Å²) < 4.78 is 35.1. The van der Waals surface area contributed by atoms with Gasteiger partial charge in [0, 0.05) is 11.3 Å². The number of hydrogen-bond donors (Lipinski definition) is 2. The molecule has 3 N–H and O–H groups in total. The van der Waals surface area contributed by atoms with Crippen LogP contribution in [0.5, 0.6) is 5.75 Å². The van der Waals surface area contributed by atoms with Gasteiger partial charge < -0.3 is 15.8 Å². The number of ether oxygens (including phenoxy) is 1. The Morgan fingerprint density at radius 2 is 2.05 bits per heavy atom. The number of carbonyl (C=O) groups is 1. The Hall–Kier alpha value is -4.41. The van der Waals surface area contributed by atoms with Crippen LogP contribution >= 0.6 is 0 Å². The van der Waals surface area contributed by atoms with Crippen molar-refractivity contribution in [2.24, 2.45) is 0 Å². The van der Waals surface area contributed by atoms with Crippen LogP contribution in [0.25, 0.3) is 11.3 Å². The summed E-state index contributed by atoms with van der Waals surface area (Å²) in [5.41, 5.74) is 7.84. The van der Waals surface area contributed by atoms with E-state index in [2.05, 4.69) is 21.9 Å². The second-order valence-corrected chi connectivity index (χ2v) is 8.75. The molecular formula is C26H27F2N6O3+. The molecule has 0 atom stereocenters. The number of benzene rings is 2. The summed E-state index contributed by atoms with van der Waals surface area (Å²) in [4.78, 5) is 33.2. The van der Waals surface area contributed by atoms with Gasteiger partial charge in [-0.2, -0.15) is 0 Å². The van der Waals surface area contributed by atoms with E-state index < -0.39 is 17.5 Å². The van der Waals surface area contributed by atoms with Crippen LogP contribution in [0.1, 0.15) is 40.2 Å². The number of anilines is 2. The monoisotopic (exact) mass is 509 g/mol. The standard InChI is InChI=1S/C26H26F2N6O3/c1-4-34(36)33(3)9-10-37-24-23(30-14-31-25(24)29)20-12-18(27)13-22(15(20)2)32-26(35)19-8-7-17(11-21(19)28)16-5-6-16/h4,7-8,11-14,16H,1,5-6,9-10H2,2-3H3,(H2-,29,30,31,32,35)/p+1. The smallest absolute Gasteiger partial charge is 0.258 e. The topological polar surface area (TPSA) is 113 Å². The highest BCUT2D eigenvalue weighted by molar-refractivity contribution is 6.05. The van der Waals surface area contributed by atoms with Gasteiger partial charge in [-0.15, -0.1) is 5.01 Å². The summed E-state index contributed by atoms with van der Waals surface area (Å²) in [5.74, 6) is -1.53. The van der Waals surface area contributed by atoms with Crippen LogP contribution in [0, 0.1) is 23.5 Å². The molecule has 192 valence electrons. The molecule has 1 amide bonds. The maximum atomic E-state index is 14.7. The zero-order chi connectivity index (χ0) is 26.7. The van der Waals surface area contributed by atoms with Crippen molar-refractivity contribution in [2.45, 2.75) is 25.7 Å². The summed E-state index contributed by atoms with van der Waals surface area (Å²) >= 11 is 0. The van der Waals surface area contributed by atoms with E-state index in [0.717, 1.165) is 30.7 Å². The summed E-state index contributed by atoms with van der Waals surface area (Å²) in [5, 5.41) is 3.93. The van der Waals surface area contributed by atoms with Crippen LogP contribution < -0.4 is 15.8 Å². The van der Waals surface area contributed by atoms with E-state index in [-0.39, 0.29) is 41.7 Å². The molecule has 0 bridgehead atoms. The third-order valence-corrected chi connectivity index (χ3v) is 6.15. The second-order valence-electron chi connectivity index (χ2n) is 8.75. The molecule has 4 rings (SSSR count). The van der Waals surface area contributed by atoms with Crippen molar-refractivity contribution in [2.75, 3.05) is 31.2 Å². The highest BCUT2D eigenvalue weighted by atomic mass is 19.1. The molecule has 1 aliphatic carbocycles. The van der Waals surface area contributed by atoms with E-state index in [9.17, 15) is 18.5 Å². The number of aromatic nitrogens is 2. The van der Waals surface area contributed by atoms with Crippen molar-refractivity contribution in [1.82, 2.24) is 15.0 Å². The lowest BCUT2D eigenvalue weighted by Gasteiger charge is -2.17. The molecule has 1 saturated carbocycles. The third kappa shape index (κ3) is 5.71. The number of nitrogens with one attached hydrogen (secondary N) is 1. The number of nitrogens with two attached hydrogens (primary N) is 1. The van der Waals surface area contributed by atoms with Crippen LogP contribution in [0.3, 0.4) is 0 Å². The number of carbonyl (C=O) groups excluding carboxylic acids is 1. The lowest BCUT2D eigenvalue weighted by Crippen LogP contribution is -2.30. The summed E-state index contributed by atoms with van der Waals surface area (Å²) in [6.45, 7) is 5.30. The van der Waals surface area contributed by atoms with Gasteiger partial charge in [0.05, 0.1) is 17.5 Å². The number of rotatable bonds is 10. The molecule has 0 saturated heterocycles. The molecule has 1 heterocycles. The van der Waals surface area contributed by atoms with Crippen molar-refractivity contribution >= 4 is 17.4 Å². The Balaban J connectivity index is 1.60. The third-order valence-electron chi connectivity index (χ3n) is 6.15. The van der Waals surface area contributed by atoms with Gasteiger partial charge in [-0.05, 0) is 67.7 Å². The largest absolute Gasteiger partial charge is 0.485 e. The summed E-state index contributed by atoms with van der Waals surface area (Å²) in [7, 11) is 1.55. The SMILES string of the molecule is C=C[N+](=O)N(C)CCOc1c(N)ncnc1-c1cc(F)cc(NC(=O)c2ccc(C3CC3)cc2F)c1C.